The average Bonchev–Trinajstić information content (AvgIpc) is 3.08. The maximum Gasteiger partial charge on any atom is 0.258 e. The molecule has 26 heavy (non-hydrogen) atoms. The highest BCUT2D eigenvalue weighted by atomic mass is 19.1. The van der Waals surface area contributed by atoms with E-state index in [-0.39, 0.29) is 5.56 Å². The second-order valence-electron chi connectivity index (χ2n) is 5.95. The van der Waals surface area contributed by atoms with Gasteiger partial charge in [-0.3, -0.25) is 4.79 Å². The number of aromatic nitrogens is 1. The first-order valence-corrected chi connectivity index (χ1v) is 8.14. The molecule has 0 saturated heterocycles. The molecular weight excluding hydrogens is 331 g/mol. The van der Waals surface area contributed by atoms with Gasteiger partial charge in [0.25, 0.3) is 5.91 Å². The summed E-state index contributed by atoms with van der Waals surface area (Å²) in [6.45, 7) is 1.98. The van der Waals surface area contributed by atoms with Crippen LogP contribution in [0.15, 0.2) is 71.1 Å². The number of hydrogen-bond acceptors (Lipinski definition) is 3. The summed E-state index contributed by atoms with van der Waals surface area (Å²) >= 11 is 0. The number of nitrogens with zero attached hydrogens (tertiary/aromatic N) is 1. The summed E-state index contributed by atoms with van der Waals surface area (Å²) in [4.78, 5) is 16.7. The van der Waals surface area contributed by atoms with Crippen molar-refractivity contribution < 1.29 is 13.6 Å². The van der Waals surface area contributed by atoms with Gasteiger partial charge in [0.1, 0.15) is 11.3 Å². The largest absolute Gasteiger partial charge is 0.436 e. The van der Waals surface area contributed by atoms with Crippen LogP contribution >= 0.6 is 0 Å². The van der Waals surface area contributed by atoms with E-state index in [0.29, 0.717) is 11.6 Å². The lowest BCUT2D eigenvalue weighted by Gasteiger charge is -2.06. The number of anilines is 1. The molecule has 4 aromatic rings. The minimum absolute atomic E-state index is 0.00556. The first-order valence-electron chi connectivity index (χ1n) is 8.14. The van der Waals surface area contributed by atoms with E-state index >= 15 is 0 Å². The number of fused-ring (bicyclic) bond motifs is 1. The van der Waals surface area contributed by atoms with Gasteiger partial charge in [0.05, 0.1) is 5.56 Å². The summed E-state index contributed by atoms with van der Waals surface area (Å²) in [5.74, 6) is -0.530. The lowest BCUT2D eigenvalue weighted by molar-refractivity contribution is 0.102. The summed E-state index contributed by atoms with van der Waals surface area (Å²) in [5.41, 5.74) is 3.98. The van der Waals surface area contributed by atoms with Gasteiger partial charge in [-0.25, -0.2) is 9.37 Å². The summed E-state index contributed by atoms with van der Waals surface area (Å²) in [6.07, 6.45) is 0. The Labute approximate surface area is 149 Å². The molecule has 1 N–H and O–H groups in total. The van der Waals surface area contributed by atoms with Crippen molar-refractivity contribution in [2.45, 2.75) is 6.92 Å². The van der Waals surface area contributed by atoms with Crippen molar-refractivity contribution in [3.05, 3.63) is 83.7 Å². The molecule has 0 unspecified atom stereocenters. The number of benzene rings is 3. The molecule has 0 aliphatic rings. The highest BCUT2D eigenvalue weighted by molar-refractivity contribution is 6.04. The normalized spacial score (nSPS) is 10.8. The number of carbonyl (C=O) groups excluding carboxylic acids is 1. The van der Waals surface area contributed by atoms with Crippen LogP contribution in [0.1, 0.15) is 15.9 Å². The van der Waals surface area contributed by atoms with Crippen molar-refractivity contribution in [3.8, 4) is 11.5 Å². The lowest BCUT2D eigenvalue weighted by Crippen LogP contribution is -2.13. The molecule has 4 nitrogen and oxygen atoms in total. The van der Waals surface area contributed by atoms with Gasteiger partial charge in [0.2, 0.25) is 5.89 Å². The first-order chi connectivity index (χ1) is 12.6. The van der Waals surface area contributed by atoms with Crippen LogP contribution < -0.4 is 5.32 Å². The maximum absolute atomic E-state index is 13.7. The molecule has 1 amide bonds. The fourth-order valence-electron chi connectivity index (χ4n) is 2.75. The number of halogens is 1. The van der Waals surface area contributed by atoms with Crippen molar-refractivity contribution in [3.63, 3.8) is 0 Å². The molecule has 0 atom stereocenters. The standard InChI is InChI=1S/C21H15FN2O2/c1-13-5-4-8-18-19(13)24-21(26-18)14-9-11-15(12-10-14)23-20(25)16-6-2-3-7-17(16)22/h2-12H,1H3,(H,23,25). The van der Waals surface area contributed by atoms with Gasteiger partial charge in [-0.05, 0) is 55.0 Å². The first kappa shape index (κ1) is 16.0. The van der Waals surface area contributed by atoms with Gasteiger partial charge >= 0.3 is 0 Å². The topological polar surface area (TPSA) is 55.1 Å². The molecule has 0 aliphatic carbocycles. The fraction of sp³-hybridized carbons (Fsp3) is 0.0476. The molecular formula is C21H15FN2O2. The number of nitrogens with one attached hydrogen (secondary N) is 1. The Bertz CT molecular complexity index is 1100. The molecule has 5 heteroatoms. The van der Waals surface area contributed by atoms with Crippen LogP contribution in [0.2, 0.25) is 0 Å². The number of carbonyl (C=O) groups is 1. The Morgan fingerprint density at radius 3 is 2.50 bits per heavy atom. The Morgan fingerprint density at radius 1 is 1.00 bits per heavy atom. The molecule has 0 bridgehead atoms. The average molecular weight is 346 g/mol. The van der Waals surface area contributed by atoms with E-state index in [0.717, 1.165) is 22.2 Å². The van der Waals surface area contributed by atoms with Gasteiger partial charge in [0, 0.05) is 11.3 Å². The molecule has 1 heterocycles. The fourth-order valence-corrected chi connectivity index (χ4v) is 2.75. The van der Waals surface area contributed by atoms with Gasteiger partial charge in [0.15, 0.2) is 5.58 Å². The van der Waals surface area contributed by atoms with E-state index in [9.17, 15) is 9.18 Å². The number of aryl methyl sites for hydroxylation is 1. The number of para-hydroxylation sites is 1. The quantitative estimate of drug-likeness (QED) is 0.555. The van der Waals surface area contributed by atoms with Crippen LogP contribution in [-0.4, -0.2) is 10.9 Å². The molecule has 4 rings (SSSR count). The van der Waals surface area contributed by atoms with Crippen LogP contribution in [0, 0.1) is 12.7 Å². The Morgan fingerprint density at radius 2 is 1.77 bits per heavy atom. The Balaban J connectivity index is 1.57. The molecule has 3 aromatic carbocycles. The highest BCUT2D eigenvalue weighted by Gasteiger charge is 2.12. The van der Waals surface area contributed by atoms with E-state index in [1.807, 2.05) is 25.1 Å². The number of oxazole rings is 1. The zero-order valence-corrected chi connectivity index (χ0v) is 14.0. The van der Waals surface area contributed by atoms with Crippen LogP contribution in [0.25, 0.3) is 22.6 Å². The Kier molecular flexibility index (Phi) is 3.97. The Hall–Kier alpha value is -3.47. The summed E-state index contributed by atoms with van der Waals surface area (Å²) in [5, 5.41) is 2.68. The highest BCUT2D eigenvalue weighted by Crippen LogP contribution is 2.27. The van der Waals surface area contributed by atoms with Crippen molar-refractivity contribution in [2.24, 2.45) is 0 Å². The zero-order valence-electron chi connectivity index (χ0n) is 14.0. The zero-order chi connectivity index (χ0) is 18.1. The van der Waals surface area contributed by atoms with Gasteiger partial charge < -0.3 is 9.73 Å². The minimum atomic E-state index is -0.552. The number of hydrogen-bond donors (Lipinski definition) is 1. The monoisotopic (exact) mass is 346 g/mol. The molecule has 0 spiro atoms. The molecule has 1 aromatic heterocycles. The summed E-state index contributed by atoms with van der Waals surface area (Å²) in [6, 6.07) is 18.7. The van der Waals surface area contributed by atoms with E-state index in [1.165, 1.54) is 12.1 Å². The molecule has 0 aliphatic heterocycles. The van der Waals surface area contributed by atoms with Crippen LogP contribution in [0.5, 0.6) is 0 Å². The van der Waals surface area contributed by atoms with E-state index in [1.54, 1.807) is 36.4 Å². The summed E-state index contributed by atoms with van der Waals surface area (Å²) < 4.78 is 19.5. The third-order valence-electron chi connectivity index (χ3n) is 4.13. The third-order valence-corrected chi connectivity index (χ3v) is 4.13. The van der Waals surface area contributed by atoms with Gasteiger partial charge in [-0.1, -0.05) is 24.3 Å². The van der Waals surface area contributed by atoms with Crippen molar-refractivity contribution in [2.75, 3.05) is 5.32 Å². The van der Waals surface area contributed by atoms with Crippen molar-refractivity contribution >= 4 is 22.7 Å². The van der Waals surface area contributed by atoms with Crippen molar-refractivity contribution in [1.29, 1.82) is 0 Å². The van der Waals surface area contributed by atoms with E-state index < -0.39 is 11.7 Å². The second-order valence-corrected chi connectivity index (χ2v) is 5.95. The van der Waals surface area contributed by atoms with Crippen LogP contribution in [-0.2, 0) is 0 Å². The van der Waals surface area contributed by atoms with E-state index in [2.05, 4.69) is 10.3 Å². The number of amides is 1. The van der Waals surface area contributed by atoms with E-state index in [4.69, 9.17) is 4.42 Å². The predicted octanol–water partition coefficient (Wildman–Crippen LogP) is 5.19. The van der Waals surface area contributed by atoms with Crippen LogP contribution in [0.3, 0.4) is 0 Å². The smallest absolute Gasteiger partial charge is 0.258 e. The van der Waals surface area contributed by atoms with Crippen LogP contribution in [0.4, 0.5) is 10.1 Å². The molecule has 128 valence electrons. The predicted molar refractivity (Wildman–Crippen MR) is 98.5 cm³/mol. The molecule has 0 saturated carbocycles. The maximum atomic E-state index is 13.7. The SMILES string of the molecule is Cc1cccc2oc(-c3ccc(NC(=O)c4ccccc4F)cc3)nc12. The van der Waals surface area contributed by atoms with Gasteiger partial charge in [-0.15, -0.1) is 0 Å². The second kappa shape index (κ2) is 6.44. The number of rotatable bonds is 3. The minimum Gasteiger partial charge on any atom is -0.436 e. The van der Waals surface area contributed by atoms with Crippen molar-refractivity contribution in [1.82, 2.24) is 4.98 Å². The third kappa shape index (κ3) is 2.95. The summed E-state index contributed by atoms with van der Waals surface area (Å²) in [7, 11) is 0. The molecule has 0 fully saturated rings. The lowest BCUT2D eigenvalue weighted by atomic mass is 10.1. The van der Waals surface area contributed by atoms with Gasteiger partial charge in [-0.2, -0.15) is 0 Å². The molecule has 0 radical (unpaired) electrons.